The molecule has 1 amide bonds. The number of aromatic nitrogens is 4. The summed E-state index contributed by atoms with van der Waals surface area (Å²) < 4.78 is 24.0. The van der Waals surface area contributed by atoms with Crippen LogP contribution in [0.1, 0.15) is 5.56 Å². The number of aromatic amines is 1. The lowest BCUT2D eigenvalue weighted by Crippen LogP contribution is -2.31. The van der Waals surface area contributed by atoms with Crippen molar-refractivity contribution in [3.05, 3.63) is 48.0 Å². The van der Waals surface area contributed by atoms with E-state index in [0.29, 0.717) is 12.1 Å². The molecule has 0 spiro atoms. The average molecular weight is 403 g/mol. The summed E-state index contributed by atoms with van der Waals surface area (Å²) in [5, 5.41) is 30.1. The van der Waals surface area contributed by atoms with E-state index in [9.17, 15) is 13.2 Å². The Hall–Kier alpha value is -3.19. The van der Waals surface area contributed by atoms with Gasteiger partial charge >= 0.3 is 0 Å². The predicted molar refractivity (Wildman–Crippen MR) is 98.1 cm³/mol. The Labute approximate surface area is 160 Å². The van der Waals surface area contributed by atoms with Crippen LogP contribution >= 0.6 is 0 Å². The average Bonchev–Trinajstić information content (AvgIpc) is 3.21. The first-order valence-corrected chi connectivity index (χ1v) is 9.57. The van der Waals surface area contributed by atoms with Gasteiger partial charge in [0.1, 0.15) is 0 Å². The molecular weight excluding hydrogens is 386 g/mol. The summed E-state index contributed by atoms with van der Waals surface area (Å²) in [5.74, 6) is -0.359. The number of H-pyrrole nitrogens is 1. The monoisotopic (exact) mass is 403 g/mol. The van der Waals surface area contributed by atoms with Gasteiger partial charge in [-0.05, 0) is 33.2 Å². The maximum atomic E-state index is 12.0. The smallest absolute Gasteiger partial charge is 0.257 e. The van der Waals surface area contributed by atoms with Crippen LogP contribution in [0.15, 0.2) is 47.4 Å². The molecule has 1 heterocycles. The number of tetrazole rings is 1. The number of primary sulfonamides is 1. The van der Waals surface area contributed by atoms with E-state index in [0.717, 1.165) is 11.1 Å². The molecule has 0 aliphatic heterocycles. The molecule has 0 bridgehead atoms. The van der Waals surface area contributed by atoms with E-state index in [1.807, 2.05) is 12.1 Å². The summed E-state index contributed by atoms with van der Waals surface area (Å²) in [6.45, 7) is 0.376. The van der Waals surface area contributed by atoms with Crippen LogP contribution in [0.3, 0.4) is 0 Å². The molecule has 28 heavy (non-hydrogen) atoms. The van der Waals surface area contributed by atoms with Crippen LogP contribution in [0.5, 0.6) is 0 Å². The van der Waals surface area contributed by atoms with E-state index in [4.69, 9.17) is 10.3 Å². The highest BCUT2D eigenvalue weighted by molar-refractivity contribution is 7.89. The highest BCUT2D eigenvalue weighted by Crippen LogP contribution is 2.34. The number of nitrogens with one attached hydrogen (secondary N) is 3. The van der Waals surface area contributed by atoms with Gasteiger partial charge in [0.05, 0.1) is 11.4 Å². The van der Waals surface area contributed by atoms with Crippen molar-refractivity contribution in [3.63, 3.8) is 0 Å². The Morgan fingerprint density at radius 3 is 2.54 bits per heavy atom. The molecule has 0 saturated carbocycles. The van der Waals surface area contributed by atoms with E-state index >= 15 is 0 Å². The van der Waals surface area contributed by atoms with Crippen molar-refractivity contribution in [2.24, 2.45) is 5.14 Å². The first-order chi connectivity index (χ1) is 13.4. The number of carbonyl (C=O) groups is 1. The van der Waals surface area contributed by atoms with E-state index in [2.05, 4.69) is 25.9 Å². The second-order valence-corrected chi connectivity index (χ2v) is 7.34. The molecular formula is C16H17N7O4S. The molecule has 0 aliphatic carbocycles. The number of hydroxylamine groups is 1. The highest BCUT2D eigenvalue weighted by Gasteiger charge is 2.21. The second kappa shape index (κ2) is 8.22. The van der Waals surface area contributed by atoms with Gasteiger partial charge in [-0.1, -0.05) is 36.4 Å². The summed E-state index contributed by atoms with van der Waals surface area (Å²) in [6, 6.07) is 12.0. The number of hydrogen-bond donors (Lipinski definition) is 5. The molecule has 0 unspecified atom stereocenters. The maximum Gasteiger partial charge on any atom is 0.257 e. The molecule has 3 aromatic rings. The van der Waals surface area contributed by atoms with E-state index in [-0.39, 0.29) is 22.8 Å². The van der Waals surface area contributed by atoms with Gasteiger partial charge < -0.3 is 5.32 Å². The zero-order chi connectivity index (χ0) is 20.1. The third-order valence-electron chi connectivity index (χ3n) is 3.92. The standard InChI is InChI=1S/C16H17N7O4S/c17-28(26,27)13-3-1-2-12(15(13)16-19-22-23-20-16)11-6-4-10(5-7-11)8-18-9-14(24)21-25/h1-7,18,25H,8-9H2,(H,21,24)(H2,17,26,27)(H,19,20,22,23). The minimum Gasteiger partial charge on any atom is -0.304 e. The van der Waals surface area contributed by atoms with Crippen molar-refractivity contribution in [1.82, 2.24) is 31.4 Å². The van der Waals surface area contributed by atoms with Gasteiger partial charge in [-0.2, -0.15) is 0 Å². The third-order valence-corrected chi connectivity index (χ3v) is 4.87. The van der Waals surface area contributed by atoms with Crippen molar-refractivity contribution in [3.8, 4) is 22.5 Å². The second-order valence-electron chi connectivity index (χ2n) is 5.81. The SMILES string of the molecule is NS(=O)(=O)c1cccc(-c2ccc(CNCC(=O)NO)cc2)c1-c1nnn[nH]1. The van der Waals surface area contributed by atoms with Gasteiger partial charge in [0.15, 0.2) is 5.82 Å². The molecule has 0 aliphatic rings. The van der Waals surface area contributed by atoms with Crippen LogP contribution in [0, 0.1) is 0 Å². The topological polar surface area (TPSA) is 176 Å². The van der Waals surface area contributed by atoms with Crippen LogP contribution in [0.25, 0.3) is 22.5 Å². The van der Waals surface area contributed by atoms with Gasteiger partial charge in [-0.25, -0.2) is 24.1 Å². The molecule has 0 fully saturated rings. The molecule has 1 aromatic heterocycles. The van der Waals surface area contributed by atoms with E-state index in [1.165, 1.54) is 11.5 Å². The third kappa shape index (κ3) is 4.37. The van der Waals surface area contributed by atoms with Gasteiger partial charge in [0.2, 0.25) is 10.0 Å². The van der Waals surface area contributed by atoms with Crippen LogP contribution in [-0.2, 0) is 21.4 Å². The number of amides is 1. The van der Waals surface area contributed by atoms with Gasteiger partial charge in [-0.3, -0.25) is 10.0 Å². The quantitative estimate of drug-likeness (QED) is 0.265. The molecule has 12 heteroatoms. The Morgan fingerprint density at radius 2 is 1.93 bits per heavy atom. The number of rotatable bonds is 7. The highest BCUT2D eigenvalue weighted by atomic mass is 32.2. The lowest BCUT2D eigenvalue weighted by atomic mass is 9.98. The fourth-order valence-electron chi connectivity index (χ4n) is 2.68. The van der Waals surface area contributed by atoms with Crippen LogP contribution < -0.4 is 15.9 Å². The normalized spacial score (nSPS) is 11.4. The lowest BCUT2D eigenvalue weighted by Gasteiger charge is -2.12. The Morgan fingerprint density at radius 1 is 1.18 bits per heavy atom. The lowest BCUT2D eigenvalue weighted by molar-refractivity contribution is -0.128. The Bertz CT molecular complexity index is 1070. The summed E-state index contributed by atoms with van der Waals surface area (Å²) in [4.78, 5) is 10.9. The zero-order valence-electron chi connectivity index (χ0n) is 14.5. The predicted octanol–water partition coefficient (Wildman–Crippen LogP) is -0.224. The molecule has 0 saturated heterocycles. The van der Waals surface area contributed by atoms with Gasteiger partial charge in [0, 0.05) is 12.1 Å². The maximum absolute atomic E-state index is 12.0. The molecule has 0 radical (unpaired) electrons. The minimum atomic E-state index is -4.00. The number of carbonyl (C=O) groups excluding carboxylic acids is 1. The molecule has 11 nitrogen and oxygen atoms in total. The fraction of sp³-hybridized carbons (Fsp3) is 0.125. The van der Waals surface area contributed by atoms with Gasteiger partial charge in [0.25, 0.3) is 5.91 Å². The molecule has 6 N–H and O–H groups in total. The van der Waals surface area contributed by atoms with E-state index < -0.39 is 15.9 Å². The van der Waals surface area contributed by atoms with Crippen molar-refractivity contribution >= 4 is 15.9 Å². The van der Waals surface area contributed by atoms with Crippen LogP contribution in [-0.4, -0.2) is 46.7 Å². The minimum absolute atomic E-state index is 0.0305. The molecule has 3 rings (SSSR count). The number of nitrogens with zero attached hydrogens (tertiary/aromatic N) is 3. The zero-order valence-corrected chi connectivity index (χ0v) is 15.3. The van der Waals surface area contributed by atoms with Crippen LogP contribution in [0.2, 0.25) is 0 Å². The number of sulfonamides is 1. The van der Waals surface area contributed by atoms with E-state index in [1.54, 1.807) is 24.3 Å². The van der Waals surface area contributed by atoms with Crippen molar-refractivity contribution in [2.45, 2.75) is 11.4 Å². The Kier molecular flexibility index (Phi) is 5.75. The number of hydrogen-bond acceptors (Lipinski definition) is 8. The summed E-state index contributed by atoms with van der Waals surface area (Å²) in [7, 11) is -4.00. The van der Waals surface area contributed by atoms with Crippen molar-refractivity contribution in [1.29, 1.82) is 0 Å². The molecule has 146 valence electrons. The summed E-state index contributed by atoms with van der Waals surface area (Å²) in [5.41, 5.74) is 4.02. The first kappa shape index (κ1) is 19.6. The van der Waals surface area contributed by atoms with Crippen molar-refractivity contribution < 1.29 is 18.4 Å². The number of benzene rings is 2. The molecule has 2 aromatic carbocycles. The molecule has 0 atom stereocenters. The largest absolute Gasteiger partial charge is 0.304 e. The fourth-order valence-corrected chi connectivity index (χ4v) is 3.44. The van der Waals surface area contributed by atoms with Gasteiger partial charge in [-0.15, -0.1) is 5.10 Å². The first-order valence-electron chi connectivity index (χ1n) is 8.03. The Balaban J connectivity index is 1.95. The summed E-state index contributed by atoms with van der Waals surface area (Å²) >= 11 is 0. The summed E-state index contributed by atoms with van der Waals surface area (Å²) in [6.07, 6.45) is 0. The number of nitrogens with two attached hydrogens (primary N) is 1. The van der Waals surface area contributed by atoms with Crippen LogP contribution in [0.4, 0.5) is 0 Å². The van der Waals surface area contributed by atoms with Crippen molar-refractivity contribution in [2.75, 3.05) is 6.54 Å².